The van der Waals surface area contributed by atoms with E-state index in [-0.39, 0.29) is 19.2 Å². The third-order valence-electron chi connectivity index (χ3n) is 8.56. The van der Waals surface area contributed by atoms with E-state index in [0.29, 0.717) is 40.7 Å². The summed E-state index contributed by atoms with van der Waals surface area (Å²) in [6.07, 6.45) is 9.23. The molecule has 1 aromatic carbocycles. The van der Waals surface area contributed by atoms with Crippen molar-refractivity contribution in [2.45, 2.75) is 83.8 Å². The van der Waals surface area contributed by atoms with Crippen LogP contribution in [0.2, 0.25) is 0 Å². The molecule has 14 nitrogen and oxygen atoms in total. The van der Waals surface area contributed by atoms with Crippen molar-refractivity contribution in [2.75, 3.05) is 49.1 Å². The van der Waals surface area contributed by atoms with Crippen LogP contribution in [0.3, 0.4) is 0 Å². The lowest BCUT2D eigenvalue weighted by atomic mass is 9.96. The Balaban J connectivity index is 0.000000251. The molecule has 0 unspecified atom stereocenters. The molecule has 2 atom stereocenters. The van der Waals surface area contributed by atoms with Crippen LogP contribution in [0, 0.1) is 0 Å². The first-order chi connectivity index (χ1) is 24.6. The Morgan fingerprint density at radius 2 is 1.31 bits per heavy atom. The van der Waals surface area contributed by atoms with Crippen LogP contribution in [0.1, 0.15) is 71.8 Å². The molecule has 5 rings (SSSR count). The van der Waals surface area contributed by atoms with Gasteiger partial charge in [0, 0.05) is 30.6 Å². The third-order valence-corrected chi connectivity index (χ3v) is 8.56. The molecular weight excluding hydrogens is 648 g/mol. The maximum atomic E-state index is 10.0. The average molecular weight is 701 g/mol. The number of aliphatic hydroxyl groups excluding tert-OH is 2. The number of pyridine rings is 2. The second kappa shape index (κ2) is 18.2. The molecule has 0 aliphatic rings. The Labute approximate surface area is 299 Å². The standard InChI is InChI=1S/C23H31N5O3.C14H21N5O/c1-5-6-11-23(2,15-29)28-21-20-18(8-7-12-24-20)26-22(27-21)25-14-16-9-10-17(30-3)13-19(16)31-4;1-3-4-7-14(2,9-20)19-12-11-10(6-5-8-16-11)17-13(15)18-12/h7-10,12-13,29H,5-6,11,14-15H2,1-4H3,(H2,25,26,27,28);5-6,8,20H,3-4,7,9H2,1-2H3,(H3,15,17,18,19)/t23-;14-/m11/s1. The number of anilines is 4. The molecule has 0 bridgehead atoms. The number of unbranched alkanes of at least 4 members (excludes halogenated alkanes) is 2. The van der Waals surface area contributed by atoms with E-state index >= 15 is 0 Å². The fourth-order valence-electron chi connectivity index (χ4n) is 5.45. The van der Waals surface area contributed by atoms with E-state index in [2.05, 4.69) is 59.7 Å². The SMILES string of the molecule is CCCC[C@](C)(CO)Nc1nc(N)nc2cccnc12.CCCC[C@](C)(CO)Nc1nc(NCc2ccc(OC)cc2OC)nc2cccnc12. The number of nitrogen functional groups attached to an aromatic ring is 1. The van der Waals surface area contributed by atoms with E-state index in [0.717, 1.165) is 61.1 Å². The number of benzene rings is 1. The second-order valence-corrected chi connectivity index (χ2v) is 13.0. The Hall–Kier alpha value is -5.08. The molecule has 0 saturated heterocycles. The zero-order valence-corrected chi connectivity index (χ0v) is 30.5. The summed E-state index contributed by atoms with van der Waals surface area (Å²) in [7, 11) is 3.25. The van der Waals surface area contributed by atoms with Crippen molar-refractivity contribution in [1.82, 2.24) is 29.9 Å². The maximum absolute atomic E-state index is 10.0. The number of aliphatic hydroxyl groups is 2. The van der Waals surface area contributed by atoms with Crippen molar-refractivity contribution in [3.05, 3.63) is 60.4 Å². The van der Waals surface area contributed by atoms with Crippen molar-refractivity contribution in [3.63, 3.8) is 0 Å². The fraction of sp³-hybridized carbons (Fsp3) is 0.459. The third kappa shape index (κ3) is 10.5. The predicted molar refractivity (Wildman–Crippen MR) is 203 cm³/mol. The number of rotatable bonds is 17. The van der Waals surface area contributed by atoms with Crippen LogP contribution in [0.4, 0.5) is 23.5 Å². The Morgan fingerprint density at radius 1 is 0.745 bits per heavy atom. The lowest BCUT2D eigenvalue weighted by molar-refractivity contribution is 0.212. The molecule has 14 heteroatoms. The Bertz CT molecular complexity index is 1860. The van der Waals surface area contributed by atoms with E-state index in [1.165, 1.54) is 0 Å². The Morgan fingerprint density at radius 3 is 1.84 bits per heavy atom. The number of nitrogens with two attached hydrogens (primary N) is 1. The highest BCUT2D eigenvalue weighted by molar-refractivity contribution is 5.87. The van der Waals surface area contributed by atoms with Gasteiger partial charge in [-0.3, -0.25) is 9.97 Å². The van der Waals surface area contributed by atoms with Crippen LogP contribution < -0.4 is 31.2 Å². The maximum Gasteiger partial charge on any atom is 0.225 e. The van der Waals surface area contributed by atoms with Gasteiger partial charge in [0.15, 0.2) is 11.6 Å². The summed E-state index contributed by atoms with van der Waals surface area (Å²) in [6.45, 7) is 8.71. The number of fused-ring (bicyclic) bond motifs is 2. The molecule has 0 saturated carbocycles. The number of nitrogens with zero attached hydrogens (tertiary/aromatic N) is 6. The van der Waals surface area contributed by atoms with E-state index in [1.54, 1.807) is 32.7 Å². The minimum absolute atomic E-state index is 0.00284. The minimum atomic E-state index is -0.495. The van der Waals surface area contributed by atoms with Crippen molar-refractivity contribution >= 4 is 45.6 Å². The molecule has 274 valence electrons. The normalized spacial score (nSPS) is 13.4. The second-order valence-electron chi connectivity index (χ2n) is 13.0. The van der Waals surface area contributed by atoms with Crippen LogP contribution in [-0.2, 0) is 6.54 Å². The van der Waals surface area contributed by atoms with Gasteiger partial charge in [-0.1, -0.05) is 39.5 Å². The highest BCUT2D eigenvalue weighted by atomic mass is 16.5. The smallest absolute Gasteiger partial charge is 0.225 e. The highest BCUT2D eigenvalue weighted by Crippen LogP contribution is 2.28. The van der Waals surface area contributed by atoms with Gasteiger partial charge in [-0.05, 0) is 63.1 Å². The van der Waals surface area contributed by atoms with Crippen molar-refractivity contribution in [2.24, 2.45) is 0 Å². The number of ether oxygens (including phenoxy) is 2. The largest absolute Gasteiger partial charge is 0.497 e. The number of methoxy groups -OCH3 is 2. The van der Waals surface area contributed by atoms with Gasteiger partial charge in [0.1, 0.15) is 22.5 Å². The van der Waals surface area contributed by atoms with Gasteiger partial charge < -0.3 is 41.4 Å². The van der Waals surface area contributed by atoms with Crippen LogP contribution in [0.15, 0.2) is 54.9 Å². The Kier molecular flexibility index (Phi) is 13.8. The first-order valence-electron chi connectivity index (χ1n) is 17.3. The van der Waals surface area contributed by atoms with Gasteiger partial charge in [0.25, 0.3) is 0 Å². The number of hydrogen-bond donors (Lipinski definition) is 6. The molecule has 4 aromatic heterocycles. The van der Waals surface area contributed by atoms with Crippen molar-refractivity contribution < 1.29 is 19.7 Å². The molecule has 0 aliphatic carbocycles. The number of hydrogen-bond acceptors (Lipinski definition) is 14. The zero-order valence-electron chi connectivity index (χ0n) is 30.5. The summed E-state index contributed by atoms with van der Waals surface area (Å²) in [5, 5.41) is 29.6. The molecule has 51 heavy (non-hydrogen) atoms. The topological polar surface area (TPSA) is 198 Å². The first kappa shape index (κ1) is 38.7. The van der Waals surface area contributed by atoms with E-state index in [4.69, 9.17) is 15.2 Å². The molecule has 4 heterocycles. The monoisotopic (exact) mass is 700 g/mol. The zero-order chi connectivity index (χ0) is 36.9. The summed E-state index contributed by atoms with van der Waals surface area (Å²) >= 11 is 0. The number of aromatic nitrogens is 6. The van der Waals surface area contributed by atoms with Gasteiger partial charge >= 0.3 is 0 Å². The predicted octanol–water partition coefficient (Wildman–Crippen LogP) is 5.97. The van der Waals surface area contributed by atoms with Crippen LogP contribution in [0.5, 0.6) is 11.5 Å². The van der Waals surface area contributed by atoms with Crippen molar-refractivity contribution in [3.8, 4) is 11.5 Å². The van der Waals surface area contributed by atoms with Crippen LogP contribution >= 0.6 is 0 Å². The van der Waals surface area contributed by atoms with Gasteiger partial charge in [-0.2, -0.15) is 9.97 Å². The van der Waals surface area contributed by atoms with Crippen molar-refractivity contribution in [1.29, 1.82) is 0 Å². The summed E-state index contributed by atoms with van der Waals surface area (Å²) in [5.41, 5.74) is 8.50. The molecule has 0 amide bonds. The lowest BCUT2D eigenvalue weighted by Gasteiger charge is -2.29. The highest BCUT2D eigenvalue weighted by Gasteiger charge is 2.26. The van der Waals surface area contributed by atoms with Gasteiger partial charge in [0.05, 0.1) is 49.5 Å². The van der Waals surface area contributed by atoms with Gasteiger partial charge in [-0.15, -0.1) is 0 Å². The lowest BCUT2D eigenvalue weighted by Crippen LogP contribution is -2.39. The molecular formula is C37H52N10O4. The minimum Gasteiger partial charge on any atom is -0.497 e. The number of nitrogens with one attached hydrogen (secondary N) is 3. The van der Waals surface area contributed by atoms with E-state index < -0.39 is 11.1 Å². The summed E-state index contributed by atoms with van der Waals surface area (Å²) in [6, 6.07) is 13.1. The fourth-order valence-corrected chi connectivity index (χ4v) is 5.45. The van der Waals surface area contributed by atoms with Gasteiger partial charge in [-0.25, -0.2) is 9.97 Å². The van der Waals surface area contributed by atoms with E-state index in [9.17, 15) is 10.2 Å². The molecule has 5 aromatic rings. The van der Waals surface area contributed by atoms with Crippen LogP contribution in [0.25, 0.3) is 22.1 Å². The molecule has 0 aliphatic heterocycles. The quantitative estimate of drug-likeness (QED) is 0.0663. The summed E-state index contributed by atoms with van der Waals surface area (Å²) < 4.78 is 10.7. The molecule has 0 radical (unpaired) electrons. The summed E-state index contributed by atoms with van der Waals surface area (Å²) in [4.78, 5) is 26.4. The molecule has 0 fully saturated rings. The van der Waals surface area contributed by atoms with E-state index in [1.807, 2.05) is 50.2 Å². The first-order valence-corrected chi connectivity index (χ1v) is 17.3. The van der Waals surface area contributed by atoms with Gasteiger partial charge in [0.2, 0.25) is 11.9 Å². The average Bonchev–Trinajstić information content (AvgIpc) is 3.15. The molecule has 0 spiro atoms. The molecule has 7 N–H and O–H groups in total. The summed E-state index contributed by atoms with van der Waals surface area (Å²) in [5.74, 6) is 3.29. The van der Waals surface area contributed by atoms with Crippen LogP contribution in [-0.4, -0.2) is 78.6 Å².